The van der Waals surface area contributed by atoms with E-state index in [2.05, 4.69) is 4.98 Å². The molecule has 72 valence electrons. The number of carboxylic acids is 1. The highest BCUT2D eigenvalue weighted by atomic mass is 16.4. The van der Waals surface area contributed by atoms with Gasteiger partial charge in [0, 0.05) is 11.4 Å². The van der Waals surface area contributed by atoms with E-state index < -0.39 is 5.97 Å². The Hall–Kier alpha value is -1.25. The maximum absolute atomic E-state index is 10.4. The van der Waals surface area contributed by atoms with E-state index in [1.807, 2.05) is 20.8 Å². The molecule has 2 N–H and O–H groups in total. The third-order valence-corrected chi connectivity index (χ3v) is 2.50. The molecule has 0 radical (unpaired) electrons. The molecule has 0 atom stereocenters. The molecule has 1 heterocycles. The third-order valence-electron chi connectivity index (χ3n) is 2.50. The maximum Gasteiger partial charge on any atom is 0.303 e. The zero-order valence-corrected chi connectivity index (χ0v) is 8.27. The van der Waals surface area contributed by atoms with Gasteiger partial charge in [0.05, 0.1) is 6.42 Å². The van der Waals surface area contributed by atoms with Crippen LogP contribution in [-0.4, -0.2) is 16.1 Å². The molecular weight excluding hydrogens is 166 g/mol. The van der Waals surface area contributed by atoms with Crippen LogP contribution in [0.5, 0.6) is 0 Å². The zero-order chi connectivity index (χ0) is 10.0. The van der Waals surface area contributed by atoms with Crippen LogP contribution in [0.4, 0.5) is 0 Å². The van der Waals surface area contributed by atoms with Crippen molar-refractivity contribution in [1.82, 2.24) is 4.98 Å². The fourth-order valence-corrected chi connectivity index (χ4v) is 1.40. The van der Waals surface area contributed by atoms with Crippen LogP contribution in [0.15, 0.2) is 0 Å². The molecule has 0 aliphatic rings. The minimum absolute atomic E-state index is 0.195. The molecule has 13 heavy (non-hydrogen) atoms. The zero-order valence-electron chi connectivity index (χ0n) is 8.27. The fourth-order valence-electron chi connectivity index (χ4n) is 1.40. The summed E-state index contributed by atoms with van der Waals surface area (Å²) in [6.07, 6.45) is 0.788. The van der Waals surface area contributed by atoms with Crippen LogP contribution in [-0.2, 0) is 11.2 Å². The van der Waals surface area contributed by atoms with E-state index in [-0.39, 0.29) is 6.42 Å². The van der Waals surface area contributed by atoms with Gasteiger partial charge in [-0.1, -0.05) is 0 Å². The van der Waals surface area contributed by atoms with Crippen molar-refractivity contribution in [3.8, 4) is 0 Å². The Kier molecular flexibility index (Phi) is 2.76. The van der Waals surface area contributed by atoms with Crippen molar-refractivity contribution in [3.63, 3.8) is 0 Å². The van der Waals surface area contributed by atoms with Crippen molar-refractivity contribution < 1.29 is 9.90 Å². The van der Waals surface area contributed by atoms with Gasteiger partial charge in [-0.05, 0) is 38.3 Å². The lowest BCUT2D eigenvalue weighted by Gasteiger charge is -1.96. The van der Waals surface area contributed by atoms with Gasteiger partial charge in [0.15, 0.2) is 0 Å². The Morgan fingerprint density at radius 1 is 1.31 bits per heavy atom. The highest BCUT2D eigenvalue weighted by Crippen LogP contribution is 2.17. The van der Waals surface area contributed by atoms with Crippen LogP contribution in [0, 0.1) is 20.8 Å². The number of carboxylic acid groups (broad SMARTS) is 1. The van der Waals surface area contributed by atoms with E-state index in [1.165, 1.54) is 11.1 Å². The SMILES string of the molecule is Cc1[nH]c(CCC(=O)O)c(C)c1C. The number of H-pyrrole nitrogens is 1. The molecule has 0 unspecified atom stereocenters. The van der Waals surface area contributed by atoms with Crippen molar-refractivity contribution in [2.45, 2.75) is 33.6 Å². The normalized spacial score (nSPS) is 10.4. The van der Waals surface area contributed by atoms with E-state index >= 15 is 0 Å². The summed E-state index contributed by atoms with van der Waals surface area (Å²) < 4.78 is 0. The minimum atomic E-state index is -0.746. The average Bonchev–Trinajstić information content (AvgIpc) is 2.29. The van der Waals surface area contributed by atoms with E-state index in [1.54, 1.807) is 0 Å². The quantitative estimate of drug-likeness (QED) is 0.748. The average molecular weight is 181 g/mol. The molecule has 1 aromatic heterocycles. The number of aromatic nitrogens is 1. The first-order chi connectivity index (χ1) is 6.02. The molecule has 0 saturated heterocycles. The lowest BCUT2D eigenvalue weighted by atomic mass is 10.1. The van der Waals surface area contributed by atoms with Gasteiger partial charge >= 0.3 is 5.97 Å². The first-order valence-electron chi connectivity index (χ1n) is 4.38. The molecule has 0 aliphatic heterocycles. The Labute approximate surface area is 77.8 Å². The lowest BCUT2D eigenvalue weighted by molar-refractivity contribution is -0.136. The van der Waals surface area contributed by atoms with Gasteiger partial charge in [0.1, 0.15) is 0 Å². The van der Waals surface area contributed by atoms with Gasteiger partial charge in [0.25, 0.3) is 0 Å². The molecular formula is C10H15NO2. The van der Waals surface area contributed by atoms with Crippen LogP contribution >= 0.6 is 0 Å². The maximum atomic E-state index is 10.4. The summed E-state index contributed by atoms with van der Waals surface area (Å²) in [5.74, 6) is -0.746. The molecule has 0 fully saturated rings. The standard InChI is InChI=1S/C10H15NO2/c1-6-7(2)9(11-8(6)3)4-5-10(12)13/h11H,4-5H2,1-3H3,(H,12,13). The van der Waals surface area contributed by atoms with Gasteiger partial charge in [-0.15, -0.1) is 0 Å². The summed E-state index contributed by atoms with van der Waals surface area (Å²) in [4.78, 5) is 13.6. The highest BCUT2D eigenvalue weighted by Gasteiger charge is 2.08. The second-order valence-corrected chi connectivity index (χ2v) is 3.37. The Morgan fingerprint density at radius 2 is 1.92 bits per heavy atom. The molecule has 0 bridgehead atoms. The van der Waals surface area contributed by atoms with Crippen LogP contribution in [0.25, 0.3) is 0 Å². The molecule has 0 aromatic carbocycles. The molecule has 1 aromatic rings. The summed E-state index contributed by atoms with van der Waals surface area (Å²) in [6.45, 7) is 6.08. The van der Waals surface area contributed by atoms with Gasteiger partial charge < -0.3 is 10.1 Å². The fraction of sp³-hybridized carbons (Fsp3) is 0.500. The van der Waals surface area contributed by atoms with Crippen molar-refractivity contribution in [1.29, 1.82) is 0 Å². The van der Waals surface area contributed by atoms with Crippen molar-refractivity contribution in [2.75, 3.05) is 0 Å². The Balaban J connectivity index is 2.78. The van der Waals surface area contributed by atoms with Crippen LogP contribution in [0.1, 0.15) is 28.9 Å². The van der Waals surface area contributed by atoms with Crippen LogP contribution < -0.4 is 0 Å². The summed E-state index contributed by atoms with van der Waals surface area (Å²) in [6, 6.07) is 0. The predicted molar refractivity (Wildman–Crippen MR) is 51.0 cm³/mol. The summed E-state index contributed by atoms with van der Waals surface area (Å²) in [5, 5.41) is 8.53. The van der Waals surface area contributed by atoms with Gasteiger partial charge in [-0.25, -0.2) is 0 Å². The first-order valence-corrected chi connectivity index (χ1v) is 4.38. The smallest absolute Gasteiger partial charge is 0.303 e. The Bertz CT molecular complexity index is 326. The third kappa shape index (κ3) is 2.11. The summed E-state index contributed by atoms with van der Waals surface area (Å²) in [5.41, 5.74) is 4.62. The number of aryl methyl sites for hydroxylation is 2. The lowest BCUT2D eigenvalue weighted by Crippen LogP contribution is -1.98. The van der Waals surface area contributed by atoms with Crippen LogP contribution in [0.3, 0.4) is 0 Å². The largest absolute Gasteiger partial charge is 0.481 e. The monoisotopic (exact) mass is 181 g/mol. The second-order valence-electron chi connectivity index (χ2n) is 3.37. The molecule has 0 spiro atoms. The molecule has 1 rings (SSSR count). The van der Waals surface area contributed by atoms with E-state index in [4.69, 9.17) is 5.11 Å². The van der Waals surface area contributed by atoms with E-state index in [0.717, 1.165) is 11.4 Å². The van der Waals surface area contributed by atoms with Gasteiger partial charge in [-0.3, -0.25) is 4.79 Å². The summed E-state index contributed by atoms with van der Waals surface area (Å²) >= 11 is 0. The number of hydrogen-bond acceptors (Lipinski definition) is 1. The molecule has 0 saturated carbocycles. The number of aromatic amines is 1. The number of carbonyl (C=O) groups is 1. The number of rotatable bonds is 3. The second kappa shape index (κ2) is 3.64. The van der Waals surface area contributed by atoms with Gasteiger partial charge in [0.2, 0.25) is 0 Å². The minimum Gasteiger partial charge on any atom is -0.481 e. The van der Waals surface area contributed by atoms with Crippen molar-refractivity contribution >= 4 is 5.97 Å². The predicted octanol–water partition coefficient (Wildman–Crippen LogP) is 1.96. The van der Waals surface area contributed by atoms with Gasteiger partial charge in [-0.2, -0.15) is 0 Å². The van der Waals surface area contributed by atoms with Crippen LogP contribution in [0.2, 0.25) is 0 Å². The topological polar surface area (TPSA) is 53.1 Å². The highest BCUT2D eigenvalue weighted by molar-refractivity contribution is 5.67. The van der Waals surface area contributed by atoms with E-state index in [9.17, 15) is 4.79 Å². The molecule has 3 heteroatoms. The number of aliphatic carboxylic acids is 1. The molecule has 3 nitrogen and oxygen atoms in total. The first kappa shape index (κ1) is 9.84. The molecule has 0 amide bonds. The number of hydrogen-bond donors (Lipinski definition) is 2. The number of nitrogens with one attached hydrogen (secondary N) is 1. The van der Waals surface area contributed by atoms with Crippen molar-refractivity contribution in [2.24, 2.45) is 0 Å². The molecule has 0 aliphatic carbocycles. The Morgan fingerprint density at radius 3 is 2.31 bits per heavy atom. The van der Waals surface area contributed by atoms with E-state index in [0.29, 0.717) is 6.42 Å². The summed E-state index contributed by atoms with van der Waals surface area (Å²) in [7, 11) is 0. The van der Waals surface area contributed by atoms with Crippen molar-refractivity contribution in [3.05, 3.63) is 22.5 Å².